The summed E-state index contributed by atoms with van der Waals surface area (Å²) < 4.78 is 27.6. The Balaban J connectivity index is 1.57. The number of anilines is 1. The van der Waals surface area contributed by atoms with Crippen molar-refractivity contribution >= 4 is 48.9 Å². The number of halogens is 1. The number of amides is 1. The third-order valence-electron chi connectivity index (χ3n) is 3.83. The molecule has 3 aromatic rings. The summed E-state index contributed by atoms with van der Waals surface area (Å²) in [6, 6.07) is 13.9. The van der Waals surface area contributed by atoms with E-state index in [0.29, 0.717) is 10.2 Å². The second-order valence-corrected chi connectivity index (χ2v) is 9.61. The summed E-state index contributed by atoms with van der Waals surface area (Å²) >= 11 is 4.79. The fourth-order valence-corrected chi connectivity index (χ4v) is 5.17. The van der Waals surface area contributed by atoms with E-state index in [1.54, 1.807) is 35.6 Å². The summed E-state index contributed by atoms with van der Waals surface area (Å²) in [5.41, 5.74) is 2.42. The molecule has 6 nitrogen and oxygen atoms in total. The molecule has 9 heteroatoms. The van der Waals surface area contributed by atoms with Crippen molar-refractivity contribution in [2.45, 2.75) is 18.2 Å². The predicted molar refractivity (Wildman–Crippen MR) is 115 cm³/mol. The van der Waals surface area contributed by atoms with Crippen molar-refractivity contribution in [1.82, 2.24) is 9.71 Å². The van der Waals surface area contributed by atoms with Crippen molar-refractivity contribution in [3.63, 3.8) is 0 Å². The smallest absolute Gasteiger partial charge is 0.241 e. The zero-order chi connectivity index (χ0) is 20.1. The number of rotatable bonds is 7. The van der Waals surface area contributed by atoms with Crippen LogP contribution in [0.3, 0.4) is 0 Å². The number of benzene rings is 2. The summed E-state index contributed by atoms with van der Waals surface area (Å²) in [7, 11) is -3.68. The van der Waals surface area contributed by atoms with E-state index in [0.717, 1.165) is 16.3 Å². The van der Waals surface area contributed by atoms with Crippen LogP contribution >= 0.6 is 27.3 Å². The summed E-state index contributed by atoms with van der Waals surface area (Å²) in [4.78, 5) is 16.8. The van der Waals surface area contributed by atoms with Gasteiger partial charge in [-0.2, -0.15) is 0 Å². The first-order valence-electron chi connectivity index (χ1n) is 8.42. The number of thiazole rings is 1. The lowest BCUT2D eigenvalue weighted by Crippen LogP contribution is -2.28. The second-order valence-electron chi connectivity index (χ2n) is 5.96. The van der Waals surface area contributed by atoms with Crippen LogP contribution in [-0.4, -0.2) is 25.9 Å². The highest BCUT2D eigenvalue weighted by atomic mass is 79.9. The maximum atomic E-state index is 12.3. The Morgan fingerprint density at radius 2 is 1.96 bits per heavy atom. The topological polar surface area (TPSA) is 88.2 Å². The summed E-state index contributed by atoms with van der Waals surface area (Å²) in [5.74, 6) is -0.276. The molecule has 0 aliphatic carbocycles. The van der Waals surface area contributed by atoms with Crippen LogP contribution in [0.2, 0.25) is 0 Å². The van der Waals surface area contributed by atoms with Crippen LogP contribution in [0.1, 0.15) is 11.4 Å². The predicted octanol–water partition coefficient (Wildman–Crippen LogP) is 4.19. The van der Waals surface area contributed by atoms with Gasteiger partial charge in [-0.15, -0.1) is 11.3 Å². The molecule has 1 aromatic heterocycles. The normalized spacial score (nSPS) is 11.4. The Kier molecular flexibility index (Phi) is 6.61. The molecule has 1 heterocycles. The van der Waals surface area contributed by atoms with Gasteiger partial charge in [0.1, 0.15) is 0 Å². The van der Waals surface area contributed by atoms with Crippen molar-refractivity contribution in [3.05, 3.63) is 63.4 Å². The Labute approximate surface area is 176 Å². The van der Waals surface area contributed by atoms with E-state index in [-0.39, 0.29) is 23.8 Å². The fraction of sp³-hybridized carbons (Fsp3) is 0.158. The number of hydrogen-bond acceptors (Lipinski definition) is 5. The van der Waals surface area contributed by atoms with Gasteiger partial charge in [0.15, 0.2) is 0 Å². The molecule has 0 radical (unpaired) electrons. The minimum absolute atomic E-state index is 0.000469. The number of nitrogens with one attached hydrogen (secondary N) is 2. The first kappa shape index (κ1) is 20.7. The van der Waals surface area contributed by atoms with Crippen molar-refractivity contribution < 1.29 is 13.2 Å². The van der Waals surface area contributed by atoms with Crippen LogP contribution in [0.15, 0.2) is 63.3 Å². The standard InChI is InChI=1S/C19H18BrN3O3S2/c1-13-22-17(12-27-13)14-5-4-6-15(11-14)23-19(24)9-10-21-28(25,26)18-8-3-2-7-16(18)20/h2-8,11-12,21H,9-10H2,1H3,(H,23,24). The highest BCUT2D eigenvalue weighted by Crippen LogP contribution is 2.24. The van der Waals surface area contributed by atoms with Gasteiger partial charge in [-0.05, 0) is 47.1 Å². The molecular formula is C19H18BrN3O3S2. The molecule has 0 aliphatic heterocycles. The molecule has 0 saturated heterocycles. The molecule has 0 aliphatic rings. The van der Waals surface area contributed by atoms with Gasteiger partial charge in [-0.3, -0.25) is 4.79 Å². The van der Waals surface area contributed by atoms with E-state index in [1.165, 1.54) is 6.07 Å². The highest BCUT2D eigenvalue weighted by molar-refractivity contribution is 9.10. The van der Waals surface area contributed by atoms with E-state index in [4.69, 9.17) is 0 Å². The molecule has 28 heavy (non-hydrogen) atoms. The van der Waals surface area contributed by atoms with Crippen molar-refractivity contribution in [1.29, 1.82) is 0 Å². The zero-order valence-electron chi connectivity index (χ0n) is 15.0. The average Bonchev–Trinajstić information content (AvgIpc) is 3.08. The number of sulfonamides is 1. The lowest BCUT2D eigenvalue weighted by molar-refractivity contribution is -0.116. The number of aryl methyl sites for hydroxylation is 1. The molecule has 1 amide bonds. The van der Waals surface area contributed by atoms with Gasteiger partial charge < -0.3 is 5.32 Å². The molecule has 3 rings (SSSR count). The Morgan fingerprint density at radius 1 is 1.18 bits per heavy atom. The molecule has 2 N–H and O–H groups in total. The molecule has 0 fully saturated rings. The molecule has 0 saturated carbocycles. The largest absolute Gasteiger partial charge is 0.326 e. The lowest BCUT2D eigenvalue weighted by Gasteiger charge is -2.09. The third-order valence-corrected chi connectivity index (χ3v) is 7.08. The van der Waals surface area contributed by atoms with Gasteiger partial charge in [0, 0.05) is 34.1 Å². The second kappa shape index (κ2) is 8.95. The fourth-order valence-electron chi connectivity index (χ4n) is 2.52. The highest BCUT2D eigenvalue weighted by Gasteiger charge is 2.17. The Hall–Kier alpha value is -2.07. The Morgan fingerprint density at radius 3 is 2.68 bits per heavy atom. The van der Waals surface area contributed by atoms with Crippen molar-refractivity contribution in [3.8, 4) is 11.3 Å². The van der Waals surface area contributed by atoms with Gasteiger partial charge in [-0.1, -0.05) is 24.3 Å². The zero-order valence-corrected chi connectivity index (χ0v) is 18.2. The SMILES string of the molecule is Cc1nc(-c2cccc(NC(=O)CCNS(=O)(=O)c3ccccc3Br)c2)cs1. The molecule has 0 spiro atoms. The third kappa shape index (κ3) is 5.26. The molecule has 0 atom stereocenters. The van der Waals surface area contributed by atoms with E-state index < -0.39 is 10.0 Å². The maximum absolute atomic E-state index is 12.3. The van der Waals surface area contributed by atoms with Crippen LogP contribution in [0.25, 0.3) is 11.3 Å². The van der Waals surface area contributed by atoms with E-state index in [2.05, 4.69) is 31.0 Å². The van der Waals surface area contributed by atoms with Gasteiger partial charge in [0.05, 0.1) is 15.6 Å². The number of carbonyl (C=O) groups excluding carboxylic acids is 1. The number of nitrogens with zero attached hydrogens (tertiary/aromatic N) is 1. The molecular weight excluding hydrogens is 462 g/mol. The molecule has 0 unspecified atom stereocenters. The summed E-state index contributed by atoms with van der Waals surface area (Å²) in [6.45, 7) is 1.94. The molecule has 2 aromatic carbocycles. The number of hydrogen-bond donors (Lipinski definition) is 2. The summed E-state index contributed by atoms with van der Waals surface area (Å²) in [5, 5.41) is 5.73. The van der Waals surface area contributed by atoms with Gasteiger partial charge in [0.25, 0.3) is 0 Å². The van der Waals surface area contributed by atoms with Crippen LogP contribution in [0.5, 0.6) is 0 Å². The van der Waals surface area contributed by atoms with E-state index >= 15 is 0 Å². The van der Waals surface area contributed by atoms with E-state index in [9.17, 15) is 13.2 Å². The number of carbonyl (C=O) groups is 1. The first-order valence-corrected chi connectivity index (χ1v) is 11.6. The van der Waals surface area contributed by atoms with Crippen LogP contribution in [-0.2, 0) is 14.8 Å². The van der Waals surface area contributed by atoms with Crippen LogP contribution in [0.4, 0.5) is 5.69 Å². The van der Waals surface area contributed by atoms with Crippen molar-refractivity contribution in [2.75, 3.05) is 11.9 Å². The molecule has 0 bridgehead atoms. The lowest BCUT2D eigenvalue weighted by atomic mass is 10.1. The average molecular weight is 480 g/mol. The first-order chi connectivity index (χ1) is 13.3. The minimum Gasteiger partial charge on any atom is -0.326 e. The van der Waals surface area contributed by atoms with Crippen LogP contribution < -0.4 is 10.0 Å². The van der Waals surface area contributed by atoms with Gasteiger partial charge in [-0.25, -0.2) is 18.1 Å². The van der Waals surface area contributed by atoms with Crippen LogP contribution in [0, 0.1) is 6.92 Å². The molecule has 146 valence electrons. The van der Waals surface area contributed by atoms with Gasteiger partial charge in [0.2, 0.25) is 15.9 Å². The van der Waals surface area contributed by atoms with Gasteiger partial charge >= 0.3 is 0 Å². The number of aromatic nitrogens is 1. The summed E-state index contributed by atoms with van der Waals surface area (Å²) in [6.07, 6.45) is 0.0176. The van der Waals surface area contributed by atoms with E-state index in [1.807, 2.05) is 30.5 Å². The maximum Gasteiger partial charge on any atom is 0.241 e. The Bertz CT molecular complexity index is 1100. The minimum atomic E-state index is -3.68. The van der Waals surface area contributed by atoms with Crippen molar-refractivity contribution in [2.24, 2.45) is 0 Å². The monoisotopic (exact) mass is 479 g/mol. The quantitative estimate of drug-likeness (QED) is 0.531.